The molecule has 0 bridgehead atoms. The third-order valence-electron chi connectivity index (χ3n) is 4.08. The number of benzene rings is 2. The van der Waals surface area contributed by atoms with E-state index in [1.54, 1.807) is 30.3 Å². The standard InChI is InChI=1S/C17H19FN2O3S/c1-23-16-7-2-3-8-17(16)24(21,22)20-10-9-19-12-15(20)13-5-4-6-14(18)11-13/h2-8,11,15,19H,9-10,12H2,1H3. The highest BCUT2D eigenvalue weighted by Crippen LogP contribution is 2.33. The van der Waals surface area contributed by atoms with E-state index in [2.05, 4.69) is 5.32 Å². The smallest absolute Gasteiger partial charge is 0.247 e. The van der Waals surface area contributed by atoms with Crippen LogP contribution in [0.15, 0.2) is 53.4 Å². The number of methoxy groups -OCH3 is 1. The molecule has 24 heavy (non-hydrogen) atoms. The Kier molecular flexibility index (Phi) is 4.84. The molecule has 1 saturated heterocycles. The van der Waals surface area contributed by atoms with Gasteiger partial charge in [-0.15, -0.1) is 0 Å². The van der Waals surface area contributed by atoms with Crippen LogP contribution >= 0.6 is 0 Å². The highest BCUT2D eigenvalue weighted by Gasteiger charge is 2.36. The highest BCUT2D eigenvalue weighted by molar-refractivity contribution is 7.89. The van der Waals surface area contributed by atoms with Gasteiger partial charge in [0.2, 0.25) is 10.0 Å². The van der Waals surface area contributed by atoms with Crippen LogP contribution < -0.4 is 10.1 Å². The zero-order valence-corrected chi connectivity index (χ0v) is 14.1. The summed E-state index contributed by atoms with van der Waals surface area (Å²) in [5.41, 5.74) is 0.626. The molecular formula is C17H19FN2O3S. The molecule has 0 aliphatic carbocycles. The molecule has 1 atom stereocenters. The molecule has 0 saturated carbocycles. The lowest BCUT2D eigenvalue weighted by Crippen LogP contribution is -2.48. The minimum atomic E-state index is -3.77. The number of piperazine rings is 1. The minimum absolute atomic E-state index is 0.121. The second-order valence-corrected chi connectivity index (χ2v) is 7.40. The maximum atomic E-state index is 13.6. The zero-order valence-electron chi connectivity index (χ0n) is 13.3. The van der Waals surface area contributed by atoms with Crippen LogP contribution in [0.1, 0.15) is 11.6 Å². The third-order valence-corrected chi connectivity index (χ3v) is 6.03. The molecule has 0 amide bonds. The van der Waals surface area contributed by atoms with Crippen LogP contribution in [0.2, 0.25) is 0 Å². The van der Waals surface area contributed by atoms with E-state index < -0.39 is 16.1 Å². The van der Waals surface area contributed by atoms with Crippen molar-refractivity contribution in [1.82, 2.24) is 9.62 Å². The van der Waals surface area contributed by atoms with E-state index >= 15 is 0 Å². The van der Waals surface area contributed by atoms with Gasteiger partial charge in [-0.3, -0.25) is 0 Å². The molecule has 0 aromatic heterocycles. The number of hydrogen-bond acceptors (Lipinski definition) is 4. The fourth-order valence-corrected chi connectivity index (χ4v) is 4.70. The van der Waals surface area contributed by atoms with Crippen molar-refractivity contribution >= 4 is 10.0 Å². The summed E-state index contributed by atoms with van der Waals surface area (Å²) in [5, 5.41) is 3.18. The van der Waals surface area contributed by atoms with Crippen molar-refractivity contribution in [3.05, 3.63) is 59.9 Å². The van der Waals surface area contributed by atoms with Gasteiger partial charge >= 0.3 is 0 Å². The molecule has 2 aromatic rings. The van der Waals surface area contributed by atoms with Crippen LogP contribution in [0.3, 0.4) is 0 Å². The second kappa shape index (κ2) is 6.88. The van der Waals surface area contributed by atoms with Crippen LogP contribution in [0.4, 0.5) is 4.39 Å². The molecule has 1 aliphatic rings. The van der Waals surface area contributed by atoms with Crippen molar-refractivity contribution in [2.24, 2.45) is 0 Å². The van der Waals surface area contributed by atoms with Gasteiger partial charge in [-0.05, 0) is 29.8 Å². The van der Waals surface area contributed by atoms with Gasteiger partial charge in [-0.2, -0.15) is 4.31 Å². The number of ether oxygens (including phenoxy) is 1. The average Bonchev–Trinajstić information content (AvgIpc) is 2.61. The largest absolute Gasteiger partial charge is 0.495 e. The number of nitrogens with zero attached hydrogens (tertiary/aromatic N) is 1. The molecule has 1 heterocycles. The number of halogens is 1. The Labute approximate surface area is 141 Å². The first-order chi connectivity index (χ1) is 11.5. The van der Waals surface area contributed by atoms with Crippen molar-refractivity contribution in [1.29, 1.82) is 0 Å². The summed E-state index contributed by atoms with van der Waals surface area (Å²) in [6.07, 6.45) is 0. The maximum absolute atomic E-state index is 13.6. The monoisotopic (exact) mass is 350 g/mol. The van der Waals surface area contributed by atoms with E-state index in [0.717, 1.165) is 0 Å². The summed E-state index contributed by atoms with van der Waals surface area (Å²) < 4.78 is 46.5. The van der Waals surface area contributed by atoms with Gasteiger partial charge in [-0.25, -0.2) is 12.8 Å². The van der Waals surface area contributed by atoms with Crippen molar-refractivity contribution in [3.8, 4) is 5.75 Å². The summed E-state index contributed by atoms with van der Waals surface area (Å²) in [4.78, 5) is 0.121. The molecule has 5 nitrogen and oxygen atoms in total. The molecule has 7 heteroatoms. The van der Waals surface area contributed by atoms with Gasteiger partial charge in [-0.1, -0.05) is 24.3 Å². The topological polar surface area (TPSA) is 58.6 Å². The molecule has 3 rings (SSSR count). The molecule has 1 aliphatic heterocycles. The lowest BCUT2D eigenvalue weighted by molar-refractivity contribution is 0.270. The lowest BCUT2D eigenvalue weighted by atomic mass is 10.1. The van der Waals surface area contributed by atoms with E-state index in [1.165, 1.54) is 29.6 Å². The Bertz CT molecular complexity index is 826. The lowest BCUT2D eigenvalue weighted by Gasteiger charge is -2.35. The second-order valence-electron chi connectivity index (χ2n) is 5.54. The summed E-state index contributed by atoms with van der Waals surface area (Å²) >= 11 is 0. The molecule has 1 fully saturated rings. The van der Waals surface area contributed by atoms with Crippen LogP contribution in [0, 0.1) is 5.82 Å². The number of para-hydroxylation sites is 1. The number of nitrogens with one attached hydrogen (secondary N) is 1. The Morgan fingerprint density at radius 3 is 2.75 bits per heavy atom. The number of sulfonamides is 1. The summed E-state index contributed by atoms with van der Waals surface area (Å²) in [6, 6.07) is 12.1. The molecule has 128 valence electrons. The van der Waals surface area contributed by atoms with Crippen molar-refractivity contribution in [2.45, 2.75) is 10.9 Å². The number of hydrogen-bond donors (Lipinski definition) is 1. The van der Waals surface area contributed by atoms with E-state index in [9.17, 15) is 12.8 Å². The van der Waals surface area contributed by atoms with Crippen LogP contribution in [-0.2, 0) is 10.0 Å². The molecule has 0 spiro atoms. The first kappa shape index (κ1) is 16.9. The summed E-state index contributed by atoms with van der Waals surface area (Å²) in [7, 11) is -2.33. The van der Waals surface area contributed by atoms with Gasteiger partial charge in [0.05, 0.1) is 13.2 Å². The van der Waals surface area contributed by atoms with Crippen LogP contribution in [0.5, 0.6) is 5.75 Å². The predicted octanol–water partition coefficient (Wildman–Crippen LogP) is 2.17. The Balaban J connectivity index is 2.04. The molecular weight excluding hydrogens is 331 g/mol. The normalized spacial score (nSPS) is 19.2. The SMILES string of the molecule is COc1ccccc1S(=O)(=O)N1CCNCC1c1cccc(F)c1. The zero-order chi connectivity index (χ0) is 17.2. The van der Waals surface area contributed by atoms with Gasteiger partial charge in [0.1, 0.15) is 16.5 Å². The van der Waals surface area contributed by atoms with E-state index in [4.69, 9.17) is 4.74 Å². The maximum Gasteiger partial charge on any atom is 0.247 e. The third kappa shape index (κ3) is 3.15. The Morgan fingerprint density at radius 2 is 2.00 bits per heavy atom. The Hall–Kier alpha value is -1.96. The minimum Gasteiger partial charge on any atom is -0.495 e. The van der Waals surface area contributed by atoms with E-state index in [1.807, 2.05) is 0 Å². The highest BCUT2D eigenvalue weighted by atomic mass is 32.2. The first-order valence-corrected chi connectivity index (χ1v) is 9.09. The van der Waals surface area contributed by atoms with Crippen molar-refractivity contribution in [2.75, 3.05) is 26.7 Å². The van der Waals surface area contributed by atoms with Crippen LogP contribution in [-0.4, -0.2) is 39.5 Å². The molecule has 0 radical (unpaired) electrons. The molecule has 1 N–H and O–H groups in total. The summed E-state index contributed by atoms with van der Waals surface area (Å²) in [5.74, 6) is -0.0817. The number of rotatable bonds is 4. The Morgan fingerprint density at radius 1 is 1.21 bits per heavy atom. The molecule has 1 unspecified atom stereocenters. The van der Waals surface area contributed by atoms with Gasteiger partial charge in [0.15, 0.2) is 0 Å². The van der Waals surface area contributed by atoms with E-state index in [0.29, 0.717) is 30.9 Å². The fraction of sp³-hybridized carbons (Fsp3) is 0.294. The predicted molar refractivity (Wildman–Crippen MR) is 88.9 cm³/mol. The average molecular weight is 350 g/mol. The van der Waals surface area contributed by atoms with Gasteiger partial charge in [0, 0.05) is 19.6 Å². The quantitative estimate of drug-likeness (QED) is 0.918. The van der Waals surface area contributed by atoms with Crippen molar-refractivity contribution in [3.63, 3.8) is 0 Å². The summed E-state index contributed by atoms with van der Waals surface area (Å²) in [6.45, 7) is 1.28. The first-order valence-electron chi connectivity index (χ1n) is 7.65. The van der Waals surface area contributed by atoms with Gasteiger partial charge < -0.3 is 10.1 Å². The fourth-order valence-electron chi connectivity index (χ4n) is 2.93. The molecule has 2 aromatic carbocycles. The van der Waals surface area contributed by atoms with Gasteiger partial charge in [0.25, 0.3) is 0 Å². The van der Waals surface area contributed by atoms with E-state index in [-0.39, 0.29) is 10.7 Å². The van der Waals surface area contributed by atoms with Crippen LogP contribution in [0.25, 0.3) is 0 Å². The van der Waals surface area contributed by atoms with Crippen molar-refractivity contribution < 1.29 is 17.5 Å².